The molecule has 0 aliphatic heterocycles. The molecule has 0 atom stereocenters. The highest BCUT2D eigenvalue weighted by atomic mass is 16.5. The molecule has 0 saturated carbocycles. The van der Waals surface area contributed by atoms with Crippen molar-refractivity contribution in [1.82, 2.24) is 4.98 Å². The third-order valence-corrected chi connectivity index (χ3v) is 2.47. The molecule has 0 fully saturated rings. The normalized spacial score (nSPS) is 10.1. The number of ether oxygens (including phenoxy) is 2. The smallest absolute Gasteiger partial charge is 0.213 e. The van der Waals surface area contributed by atoms with Crippen LogP contribution in [0.2, 0.25) is 0 Å². The molecule has 0 saturated heterocycles. The first kappa shape index (κ1) is 12.2. The fourth-order valence-electron chi connectivity index (χ4n) is 1.61. The zero-order valence-corrected chi connectivity index (χ0v) is 10.3. The van der Waals surface area contributed by atoms with E-state index >= 15 is 0 Å². The van der Waals surface area contributed by atoms with E-state index in [-0.39, 0.29) is 0 Å². The Labute approximate surface area is 106 Å². The van der Waals surface area contributed by atoms with Crippen LogP contribution in [0.4, 0.5) is 5.69 Å². The summed E-state index contributed by atoms with van der Waals surface area (Å²) in [5.74, 6) is 1.33. The van der Waals surface area contributed by atoms with Crippen molar-refractivity contribution in [3.63, 3.8) is 0 Å². The molecule has 0 bridgehead atoms. The average molecular weight is 244 g/mol. The van der Waals surface area contributed by atoms with Gasteiger partial charge in [-0.3, -0.25) is 0 Å². The Morgan fingerprint density at radius 1 is 1.11 bits per heavy atom. The highest BCUT2D eigenvalue weighted by Gasteiger charge is 2.08. The first-order chi connectivity index (χ1) is 8.81. The zero-order chi connectivity index (χ0) is 12.8. The standard InChI is InChI=1S/C14H16N2O2/c1-2-17-13-7-5-6-12(15)11(13)10-18-14-8-3-4-9-16-14/h3-9H,2,10,15H2,1H3. The summed E-state index contributed by atoms with van der Waals surface area (Å²) in [7, 11) is 0. The van der Waals surface area contributed by atoms with E-state index in [4.69, 9.17) is 15.2 Å². The van der Waals surface area contributed by atoms with E-state index < -0.39 is 0 Å². The second kappa shape index (κ2) is 5.91. The number of nitrogen functional groups attached to an aromatic ring is 1. The fourth-order valence-corrected chi connectivity index (χ4v) is 1.61. The number of rotatable bonds is 5. The number of nitrogens with two attached hydrogens (primary N) is 1. The van der Waals surface area contributed by atoms with Gasteiger partial charge in [0.1, 0.15) is 12.4 Å². The number of pyridine rings is 1. The van der Waals surface area contributed by atoms with Crippen LogP contribution >= 0.6 is 0 Å². The number of nitrogens with zero attached hydrogens (tertiary/aromatic N) is 1. The second-order valence-corrected chi connectivity index (χ2v) is 3.71. The maximum absolute atomic E-state index is 5.94. The Balaban J connectivity index is 2.13. The lowest BCUT2D eigenvalue weighted by atomic mass is 10.1. The summed E-state index contributed by atoms with van der Waals surface area (Å²) in [6.07, 6.45) is 1.69. The van der Waals surface area contributed by atoms with Crippen LogP contribution in [-0.4, -0.2) is 11.6 Å². The van der Waals surface area contributed by atoms with Crippen LogP contribution in [0.5, 0.6) is 11.6 Å². The Morgan fingerprint density at radius 2 is 2.00 bits per heavy atom. The van der Waals surface area contributed by atoms with Crippen molar-refractivity contribution < 1.29 is 9.47 Å². The molecule has 0 spiro atoms. The van der Waals surface area contributed by atoms with Crippen LogP contribution in [0.3, 0.4) is 0 Å². The van der Waals surface area contributed by atoms with Crippen LogP contribution in [0.1, 0.15) is 12.5 Å². The summed E-state index contributed by atoms with van der Waals surface area (Å²) in [4.78, 5) is 4.10. The Bertz CT molecular complexity index is 500. The lowest BCUT2D eigenvalue weighted by Gasteiger charge is -2.13. The molecule has 0 amide bonds. The first-order valence-electron chi connectivity index (χ1n) is 5.85. The van der Waals surface area contributed by atoms with Gasteiger partial charge in [-0.1, -0.05) is 12.1 Å². The Kier molecular flexibility index (Phi) is 4.02. The van der Waals surface area contributed by atoms with E-state index in [1.54, 1.807) is 12.3 Å². The predicted molar refractivity (Wildman–Crippen MR) is 70.6 cm³/mol. The minimum absolute atomic E-state index is 0.346. The second-order valence-electron chi connectivity index (χ2n) is 3.71. The molecular weight excluding hydrogens is 228 g/mol. The van der Waals surface area contributed by atoms with Crippen molar-refractivity contribution in [3.05, 3.63) is 48.2 Å². The predicted octanol–water partition coefficient (Wildman–Crippen LogP) is 2.64. The van der Waals surface area contributed by atoms with E-state index in [9.17, 15) is 0 Å². The van der Waals surface area contributed by atoms with Crippen molar-refractivity contribution in [2.45, 2.75) is 13.5 Å². The Morgan fingerprint density at radius 3 is 2.72 bits per heavy atom. The van der Waals surface area contributed by atoms with E-state index in [0.29, 0.717) is 24.8 Å². The molecule has 2 N–H and O–H groups in total. The summed E-state index contributed by atoms with van der Waals surface area (Å²) in [6, 6.07) is 11.1. The van der Waals surface area contributed by atoms with Crippen LogP contribution < -0.4 is 15.2 Å². The maximum Gasteiger partial charge on any atom is 0.213 e. The molecule has 0 unspecified atom stereocenters. The summed E-state index contributed by atoms with van der Waals surface area (Å²) in [5, 5.41) is 0. The van der Waals surface area contributed by atoms with Gasteiger partial charge in [0.25, 0.3) is 0 Å². The molecule has 1 heterocycles. The van der Waals surface area contributed by atoms with Gasteiger partial charge in [-0.05, 0) is 25.1 Å². The van der Waals surface area contributed by atoms with Gasteiger partial charge in [0.15, 0.2) is 0 Å². The maximum atomic E-state index is 5.94. The molecule has 4 heteroatoms. The van der Waals surface area contributed by atoms with E-state index in [1.807, 2.05) is 37.3 Å². The largest absolute Gasteiger partial charge is 0.493 e. The van der Waals surface area contributed by atoms with Crippen molar-refractivity contribution in [2.24, 2.45) is 0 Å². The highest BCUT2D eigenvalue weighted by Crippen LogP contribution is 2.25. The summed E-state index contributed by atoms with van der Waals surface area (Å²) in [6.45, 7) is 2.88. The third-order valence-electron chi connectivity index (χ3n) is 2.47. The SMILES string of the molecule is CCOc1cccc(N)c1COc1ccccn1. The molecular formula is C14H16N2O2. The quantitative estimate of drug-likeness (QED) is 0.821. The number of aromatic nitrogens is 1. The molecule has 1 aromatic heterocycles. The molecule has 2 rings (SSSR count). The number of hydrogen-bond donors (Lipinski definition) is 1. The number of hydrogen-bond acceptors (Lipinski definition) is 4. The third kappa shape index (κ3) is 2.91. The molecule has 94 valence electrons. The minimum Gasteiger partial charge on any atom is -0.493 e. The van der Waals surface area contributed by atoms with Crippen molar-refractivity contribution >= 4 is 5.69 Å². The van der Waals surface area contributed by atoms with Crippen LogP contribution in [-0.2, 0) is 6.61 Å². The molecule has 1 aromatic carbocycles. The summed E-state index contributed by atoms with van der Waals surface area (Å²) < 4.78 is 11.1. The Hall–Kier alpha value is -2.23. The number of anilines is 1. The summed E-state index contributed by atoms with van der Waals surface area (Å²) >= 11 is 0. The van der Waals surface area contributed by atoms with Gasteiger partial charge in [0.2, 0.25) is 5.88 Å². The van der Waals surface area contributed by atoms with Gasteiger partial charge in [-0.2, -0.15) is 0 Å². The van der Waals surface area contributed by atoms with Gasteiger partial charge in [0.05, 0.1) is 12.2 Å². The molecule has 0 aliphatic rings. The van der Waals surface area contributed by atoms with Crippen LogP contribution in [0.15, 0.2) is 42.6 Å². The molecule has 0 aliphatic carbocycles. The number of benzene rings is 1. The fraction of sp³-hybridized carbons (Fsp3) is 0.214. The minimum atomic E-state index is 0.346. The monoisotopic (exact) mass is 244 g/mol. The lowest BCUT2D eigenvalue weighted by molar-refractivity contribution is 0.278. The van der Waals surface area contributed by atoms with Gasteiger partial charge in [-0.15, -0.1) is 0 Å². The molecule has 0 radical (unpaired) electrons. The topological polar surface area (TPSA) is 57.4 Å². The lowest BCUT2D eigenvalue weighted by Crippen LogP contribution is -2.05. The van der Waals surface area contributed by atoms with Crippen molar-refractivity contribution in [1.29, 1.82) is 0 Å². The highest BCUT2D eigenvalue weighted by molar-refractivity contribution is 5.54. The van der Waals surface area contributed by atoms with Crippen molar-refractivity contribution in [2.75, 3.05) is 12.3 Å². The average Bonchev–Trinajstić information content (AvgIpc) is 2.40. The zero-order valence-electron chi connectivity index (χ0n) is 10.3. The van der Waals surface area contributed by atoms with Gasteiger partial charge >= 0.3 is 0 Å². The van der Waals surface area contributed by atoms with E-state index in [1.165, 1.54) is 0 Å². The molecule has 2 aromatic rings. The molecule has 4 nitrogen and oxygen atoms in total. The van der Waals surface area contributed by atoms with Crippen molar-refractivity contribution in [3.8, 4) is 11.6 Å². The van der Waals surface area contributed by atoms with Crippen LogP contribution in [0, 0.1) is 0 Å². The molecule has 18 heavy (non-hydrogen) atoms. The van der Waals surface area contributed by atoms with Gasteiger partial charge < -0.3 is 15.2 Å². The van der Waals surface area contributed by atoms with E-state index in [2.05, 4.69) is 4.98 Å². The van der Waals surface area contributed by atoms with Gasteiger partial charge in [0, 0.05) is 18.0 Å². The first-order valence-corrected chi connectivity index (χ1v) is 5.85. The van der Waals surface area contributed by atoms with Gasteiger partial charge in [-0.25, -0.2) is 4.98 Å². The summed E-state index contributed by atoms with van der Waals surface area (Å²) in [5.41, 5.74) is 7.45. The van der Waals surface area contributed by atoms with E-state index in [0.717, 1.165) is 11.3 Å². The van der Waals surface area contributed by atoms with Crippen LogP contribution in [0.25, 0.3) is 0 Å².